The SMILES string of the molecule is COc1cc(C(=O)N2CCC3(CC2)Cc2ccc(-c4cnc(C)c(C(=O)O)c4)cc2C(=O)O3)nc2c(C3CC3)cccc12. The van der Waals surface area contributed by atoms with Crippen molar-refractivity contribution in [2.24, 2.45) is 0 Å². The van der Waals surface area contributed by atoms with Gasteiger partial charge in [0.05, 0.1) is 29.4 Å². The van der Waals surface area contributed by atoms with Gasteiger partial charge < -0.3 is 19.5 Å². The Balaban J connectivity index is 1.10. The summed E-state index contributed by atoms with van der Waals surface area (Å²) in [6.07, 6.45) is 5.47. The number of aryl methyl sites for hydroxylation is 1. The number of nitrogens with zero attached hydrogens (tertiary/aromatic N) is 3. The standard InChI is InChI=1S/C34H31N3O6/c1-19-26(32(39)40)15-23(18-35-19)21-8-9-22-17-34(43-33(41)27(22)14-21)10-12-37(13-11-34)31(38)28-16-29(42-2)25-5-3-4-24(20-6-7-20)30(25)36-28/h3-5,8-9,14-16,18,20H,6-7,10-13,17H2,1-2H3,(H,39,40). The van der Waals surface area contributed by atoms with Crippen molar-refractivity contribution in [3.05, 3.63) is 88.4 Å². The van der Waals surface area contributed by atoms with Crippen LogP contribution in [0.1, 0.15) is 79.6 Å². The van der Waals surface area contributed by atoms with Crippen molar-refractivity contribution in [1.82, 2.24) is 14.9 Å². The number of carbonyl (C=O) groups excluding carboxylic acids is 2. The summed E-state index contributed by atoms with van der Waals surface area (Å²) in [7, 11) is 1.61. The van der Waals surface area contributed by atoms with Gasteiger partial charge in [0.1, 0.15) is 17.0 Å². The number of benzene rings is 2. The van der Waals surface area contributed by atoms with Crippen molar-refractivity contribution in [3.63, 3.8) is 0 Å². The highest BCUT2D eigenvalue weighted by Crippen LogP contribution is 2.44. The van der Waals surface area contributed by atoms with Crippen molar-refractivity contribution < 1.29 is 29.0 Å². The predicted octanol–water partition coefficient (Wildman–Crippen LogP) is 5.58. The van der Waals surface area contributed by atoms with Gasteiger partial charge in [-0.15, -0.1) is 0 Å². The number of rotatable bonds is 5. The van der Waals surface area contributed by atoms with Crippen LogP contribution in [0.2, 0.25) is 0 Å². The number of ether oxygens (including phenoxy) is 2. The normalized spacial score (nSPS) is 17.4. The number of hydrogen-bond acceptors (Lipinski definition) is 7. The number of likely N-dealkylation sites (tertiary alicyclic amines) is 1. The van der Waals surface area contributed by atoms with Crippen molar-refractivity contribution in [2.45, 2.75) is 50.5 Å². The lowest BCUT2D eigenvalue weighted by atomic mass is 9.81. The molecule has 1 amide bonds. The number of pyridine rings is 2. The minimum atomic E-state index is -1.05. The van der Waals surface area contributed by atoms with Crippen LogP contribution in [0.15, 0.2) is 54.7 Å². The van der Waals surface area contributed by atoms with Gasteiger partial charge >= 0.3 is 11.9 Å². The second-order valence-electron chi connectivity index (χ2n) is 11.8. The molecule has 1 spiro atoms. The molecule has 0 bridgehead atoms. The van der Waals surface area contributed by atoms with Gasteiger partial charge in [0.15, 0.2) is 0 Å². The van der Waals surface area contributed by atoms with Gasteiger partial charge in [-0.3, -0.25) is 9.78 Å². The third-order valence-electron chi connectivity index (χ3n) is 9.05. The van der Waals surface area contributed by atoms with Gasteiger partial charge in [-0.2, -0.15) is 0 Å². The van der Waals surface area contributed by atoms with Crippen LogP contribution < -0.4 is 4.74 Å². The third-order valence-corrected chi connectivity index (χ3v) is 9.05. The molecule has 218 valence electrons. The number of carboxylic acid groups (broad SMARTS) is 1. The van der Waals surface area contributed by atoms with Crippen LogP contribution in [0.4, 0.5) is 0 Å². The highest BCUT2D eigenvalue weighted by atomic mass is 16.6. The minimum absolute atomic E-state index is 0.124. The Morgan fingerprint density at radius 1 is 1.07 bits per heavy atom. The van der Waals surface area contributed by atoms with Gasteiger partial charge in [0, 0.05) is 55.6 Å². The van der Waals surface area contributed by atoms with E-state index < -0.39 is 17.5 Å². The number of aromatic nitrogens is 2. The van der Waals surface area contributed by atoms with E-state index in [-0.39, 0.29) is 11.5 Å². The van der Waals surface area contributed by atoms with E-state index in [0.29, 0.717) is 72.1 Å². The molecule has 1 N–H and O–H groups in total. The summed E-state index contributed by atoms with van der Waals surface area (Å²) in [5.74, 6) is -0.483. The molecule has 2 aromatic heterocycles. The number of para-hydroxylation sites is 1. The van der Waals surface area contributed by atoms with Gasteiger partial charge in [-0.05, 0) is 60.6 Å². The van der Waals surface area contributed by atoms with Crippen LogP contribution in [0.3, 0.4) is 0 Å². The highest BCUT2D eigenvalue weighted by molar-refractivity contribution is 5.98. The van der Waals surface area contributed by atoms with E-state index >= 15 is 0 Å². The number of aromatic carboxylic acids is 1. The minimum Gasteiger partial charge on any atom is -0.496 e. The maximum Gasteiger partial charge on any atom is 0.338 e. The molecule has 1 aliphatic carbocycles. The Hall–Kier alpha value is -4.79. The molecule has 2 aromatic carbocycles. The monoisotopic (exact) mass is 577 g/mol. The van der Waals surface area contributed by atoms with Crippen LogP contribution in [0.5, 0.6) is 5.75 Å². The number of piperidine rings is 1. The maximum absolute atomic E-state index is 13.7. The van der Waals surface area contributed by atoms with Crippen molar-refractivity contribution >= 4 is 28.7 Å². The molecule has 2 fully saturated rings. The molecular weight excluding hydrogens is 546 g/mol. The lowest BCUT2D eigenvalue weighted by Gasteiger charge is -2.43. The Kier molecular flexibility index (Phi) is 6.41. The molecule has 43 heavy (non-hydrogen) atoms. The van der Waals surface area contributed by atoms with E-state index in [1.54, 1.807) is 43.3 Å². The van der Waals surface area contributed by atoms with Crippen LogP contribution in [0, 0.1) is 6.92 Å². The number of fused-ring (bicyclic) bond motifs is 2. The zero-order valence-corrected chi connectivity index (χ0v) is 24.1. The van der Waals surface area contributed by atoms with E-state index in [1.807, 2.05) is 24.3 Å². The first kappa shape index (κ1) is 27.1. The maximum atomic E-state index is 13.7. The average Bonchev–Trinajstić information content (AvgIpc) is 3.86. The largest absolute Gasteiger partial charge is 0.496 e. The van der Waals surface area contributed by atoms with E-state index in [0.717, 1.165) is 29.3 Å². The predicted molar refractivity (Wildman–Crippen MR) is 159 cm³/mol. The van der Waals surface area contributed by atoms with Crippen LogP contribution >= 0.6 is 0 Å². The third kappa shape index (κ3) is 4.78. The van der Waals surface area contributed by atoms with Gasteiger partial charge in [-0.25, -0.2) is 14.6 Å². The molecule has 4 heterocycles. The molecule has 9 nitrogen and oxygen atoms in total. The van der Waals surface area contributed by atoms with Crippen molar-refractivity contribution in [2.75, 3.05) is 20.2 Å². The highest BCUT2D eigenvalue weighted by Gasteiger charge is 2.44. The lowest BCUT2D eigenvalue weighted by Crippen LogP contribution is -2.52. The van der Waals surface area contributed by atoms with Gasteiger partial charge in [-0.1, -0.05) is 24.3 Å². The average molecular weight is 578 g/mol. The lowest BCUT2D eigenvalue weighted by molar-refractivity contribution is -0.0527. The van der Waals surface area contributed by atoms with Crippen molar-refractivity contribution in [3.8, 4) is 16.9 Å². The van der Waals surface area contributed by atoms with E-state index in [1.165, 1.54) is 5.56 Å². The summed E-state index contributed by atoms with van der Waals surface area (Å²) >= 11 is 0. The fraction of sp³-hybridized carbons (Fsp3) is 0.324. The Morgan fingerprint density at radius 2 is 1.86 bits per heavy atom. The second-order valence-corrected chi connectivity index (χ2v) is 11.8. The molecule has 9 heteroatoms. The number of hydrogen-bond donors (Lipinski definition) is 1. The first-order valence-corrected chi connectivity index (χ1v) is 14.6. The summed E-state index contributed by atoms with van der Waals surface area (Å²) in [6, 6.07) is 14.9. The summed E-state index contributed by atoms with van der Waals surface area (Å²) in [5, 5.41) is 10.4. The molecule has 3 aliphatic rings. The number of esters is 1. The number of methoxy groups -OCH3 is 1. The Bertz CT molecular complexity index is 1820. The zero-order valence-electron chi connectivity index (χ0n) is 24.1. The van der Waals surface area contributed by atoms with E-state index in [4.69, 9.17) is 14.5 Å². The van der Waals surface area contributed by atoms with Crippen LogP contribution in [-0.4, -0.2) is 63.6 Å². The second kappa shape index (κ2) is 10.2. The molecule has 1 saturated carbocycles. The topological polar surface area (TPSA) is 119 Å². The van der Waals surface area contributed by atoms with Gasteiger partial charge in [0.2, 0.25) is 0 Å². The molecule has 0 atom stereocenters. The molecule has 4 aromatic rings. The van der Waals surface area contributed by atoms with Crippen LogP contribution in [-0.2, 0) is 11.2 Å². The van der Waals surface area contributed by atoms with E-state index in [2.05, 4.69) is 11.1 Å². The Morgan fingerprint density at radius 3 is 2.58 bits per heavy atom. The number of carboxylic acids is 1. The molecule has 1 saturated heterocycles. The summed E-state index contributed by atoms with van der Waals surface area (Å²) in [6.45, 7) is 2.54. The molecule has 0 unspecified atom stereocenters. The quantitative estimate of drug-likeness (QED) is 0.306. The molecular formula is C34H31N3O6. The fourth-order valence-corrected chi connectivity index (χ4v) is 6.44. The fourth-order valence-electron chi connectivity index (χ4n) is 6.44. The summed E-state index contributed by atoms with van der Waals surface area (Å²) in [5.41, 5.74) is 4.90. The van der Waals surface area contributed by atoms with Gasteiger partial charge in [0.25, 0.3) is 5.91 Å². The molecule has 0 radical (unpaired) electrons. The first-order chi connectivity index (χ1) is 20.7. The number of amides is 1. The first-order valence-electron chi connectivity index (χ1n) is 14.6. The molecule has 2 aliphatic heterocycles. The molecule has 7 rings (SSSR count). The van der Waals surface area contributed by atoms with Crippen molar-refractivity contribution in [1.29, 1.82) is 0 Å². The van der Waals surface area contributed by atoms with Crippen LogP contribution in [0.25, 0.3) is 22.0 Å². The van der Waals surface area contributed by atoms with E-state index in [9.17, 15) is 19.5 Å². The number of carbonyl (C=O) groups is 3. The Labute approximate surface area is 248 Å². The smallest absolute Gasteiger partial charge is 0.338 e. The summed E-state index contributed by atoms with van der Waals surface area (Å²) < 4.78 is 11.7. The summed E-state index contributed by atoms with van der Waals surface area (Å²) in [4.78, 5) is 49.3. The zero-order chi connectivity index (χ0) is 29.9.